The lowest BCUT2D eigenvalue weighted by molar-refractivity contribution is 0.0867. The van der Waals surface area contributed by atoms with Gasteiger partial charge in [-0.3, -0.25) is 14.4 Å². The zero-order valence-electron chi connectivity index (χ0n) is 24.4. The number of hydrogen-bond acceptors (Lipinski definition) is 7. The fourth-order valence-corrected chi connectivity index (χ4v) is 6.10. The molecule has 9 nitrogen and oxygen atoms in total. The standard InChI is InChI=1S/C32H40N4O5S.ClH/c1-42(39,40)35-28-10-16-31(17-11-28)41-30-14-2-23(3-15-30)22-36-20-18-27(19-21-36)33-25-6-4-24(5-7-25)32(38)34-26-8-12-29(37)13-9-26;/h2-7,10-11,14-17,26-27,29,33,35,37H,8-9,12-13,18-22H2,1H3,(H,34,38);1H. The van der Waals surface area contributed by atoms with Crippen LogP contribution in [0, 0.1) is 0 Å². The molecule has 3 aromatic rings. The maximum atomic E-state index is 12.6. The Kier molecular flexibility index (Phi) is 11.3. The number of rotatable bonds is 10. The number of amides is 1. The number of ether oxygens (including phenoxy) is 1. The number of carbonyl (C=O) groups excluding carboxylic acids is 1. The minimum absolute atomic E-state index is 0. The van der Waals surface area contributed by atoms with Crippen LogP contribution in [-0.2, 0) is 16.6 Å². The Morgan fingerprint density at radius 2 is 1.37 bits per heavy atom. The molecule has 2 fully saturated rings. The number of aliphatic hydroxyl groups excluding tert-OH is 1. The lowest BCUT2D eigenvalue weighted by Gasteiger charge is -2.33. The molecule has 1 saturated carbocycles. The van der Waals surface area contributed by atoms with Crippen LogP contribution in [0.5, 0.6) is 11.5 Å². The fourth-order valence-electron chi connectivity index (χ4n) is 5.54. The summed E-state index contributed by atoms with van der Waals surface area (Å²) in [7, 11) is -3.31. The molecule has 4 N–H and O–H groups in total. The lowest BCUT2D eigenvalue weighted by Crippen LogP contribution is -2.39. The molecule has 0 spiro atoms. The van der Waals surface area contributed by atoms with Gasteiger partial charge in [-0.25, -0.2) is 8.42 Å². The van der Waals surface area contributed by atoms with Crippen molar-refractivity contribution in [3.63, 3.8) is 0 Å². The monoisotopic (exact) mass is 628 g/mol. The average molecular weight is 629 g/mol. The zero-order chi connectivity index (χ0) is 29.5. The topological polar surface area (TPSA) is 120 Å². The van der Waals surface area contributed by atoms with Gasteiger partial charge >= 0.3 is 0 Å². The van der Waals surface area contributed by atoms with Gasteiger partial charge in [0, 0.05) is 48.7 Å². The molecule has 5 rings (SSSR count). The van der Waals surface area contributed by atoms with Crippen molar-refractivity contribution in [2.45, 2.75) is 63.3 Å². The quantitative estimate of drug-likeness (QED) is 0.238. The third-order valence-corrected chi connectivity index (χ3v) is 8.47. The number of carbonyl (C=O) groups is 1. The van der Waals surface area contributed by atoms with Crippen LogP contribution in [0.4, 0.5) is 11.4 Å². The van der Waals surface area contributed by atoms with Gasteiger partial charge in [0.05, 0.1) is 12.4 Å². The van der Waals surface area contributed by atoms with E-state index in [4.69, 9.17) is 4.74 Å². The van der Waals surface area contributed by atoms with E-state index >= 15 is 0 Å². The molecule has 1 heterocycles. The summed E-state index contributed by atoms with van der Waals surface area (Å²) in [5.41, 5.74) is 3.41. The summed E-state index contributed by atoms with van der Waals surface area (Å²) in [5, 5.41) is 16.4. The van der Waals surface area contributed by atoms with Crippen molar-refractivity contribution in [3.8, 4) is 11.5 Å². The summed E-state index contributed by atoms with van der Waals surface area (Å²) in [6, 6.07) is 23.1. The summed E-state index contributed by atoms with van der Waals surface area (Å²) < 4.78 is 31.1. The van der Waals surface area contributed by atoms with Crippen LogP contribution in [0.25, 0.3) is 0 Å². The van der Waals surface area contributed by atoms with Gasteiger partial charge in [0.25, 0.3) is 5.91 Å². The number of anilines is 2. The van der Waals surface area contributed by atoms with Gasteiger partial charge in [0.1, 0.15) is 11.5 Å². The largest absolute Gasteiger partial charge is 0.457 e. The fraction of sp³-hybridized carbons (Fsp3) is 0.406. The molecule has 0 bridgehead atoms. The summed E-state index contributed by atoms with van der Waals surface area (Å²) in [5.74, 6) is 1.31. The van der Waals surface area contributed by atoms with E-state index in [1.165, 1.54) is 5.56 Å². The number of aliphatic hydroxyl groups is 1. The van der Waals surface area contributed by atoms with Crippen molar-refractivity contribution in [1.82, 2.24) is 10.2 Å². The van der Waals surface area contributed by atoms with E-state index in [0.717, 1.165) is 75.9 Å². The number of nitrogens with one attached hydrogen (secondary N) is 3. The Labute approximate surface area is 260 Å². The second-order valence-corrected chi connectivity index (χ2v) is 13.1. The molecule has 43 heavy (non-hydrogen) atoms. The predicted molar refractivity (Wildman–Crippen MR) is 173 cm³/mol. The number of nitrogens with zero attached hydrogens (tertiary/aromatic N) is 1. The summed E-state index contributed by atoms with van der Waals surface area (Å²) >= 11 is 0. The number of piperidine rings is 1. The third kappa shape index (κ3) is 10.1. The van der Waals surface area contributed by atoms with Gasteiger partial charge in [-0.2, -0.15) is 0 Å². The van der Waals surface area contributed by atoms with Crippen molar-refractivity contribution in [2.24, 2.45) is 0 Å². The Bertz CT molecular complexity index is 1420. The third-order valence-electron chi connectivity index (χ3n) is 7.86. The summed E-state index contributed by atoms with van der Waals surface area (Å²) in [4.78, 5) is 15.1. The van der Waals surface area contributed by atoms with Crippen LogP contribution < -0.4 is 20.1 Å². The summed E-state index contributed by atoms with van der Waals surface area (Å²) in [6.07, 6.45) is 6.14. The number of sulfonamides is 1. The second-order valence-electron chi connectivity index (χ2n) is 11.4. The number of halogens is 1. The van der Waals surface area contributed by atoms with E-state index in [9.17, 15) is 18.3 Å². The minimum Gasteiger partial charge on any atom is -0.457 e. The van der Waals surface area contributed by atoms with Gasteiger partial charge in [-0.05, 0) is 105 Å². The van der Waals surface area contributed by atoms with Crippen LogP contribution in [0.15, 0.2) is 72.8 Å². The first-order valence-corrected chi connectivity index (χ1v) is 16.5. The van der Waals surface area contributed by atoms with Gasteiger partial charge in [0.2, 0.25) is 10.0 Å². The average Bonchev–Trinajstić information content (AvgIpc) is 2.97. The molecule has 0 aromatic heterocycles. The van der Waals surface area contributed by atoms with E-state index in [0.29, 0.717) is 23.0 Å². The van der Waals surface area contributed by atoms with E-state index in [1.807, 2.05) is 36.4 Å². The van der Waals surface area contributed by atoms with Crippen LogP contribution in [-0.4, -0.2) is 61.9 Å². The van der Waals surface area contributed by atoms with E-state index in [2.05, 4.69) is 32.4 Å². The Morgan fingerprint density at radius 1 is 0.814 bits per heavy atom. The first-order chi connectivity index (χ1) is 20.2. The highest BCUT2D eigenvalue weighted by Crippen LogP contribution is 2.25. The molecule has 1 aliphatic carbocycles. The van der Waals surface area contributed by atoms with Gasteiger partial charge < -0.3 is 20.5 Å². The van der Waals surface area contributed by atoms with Crippen molar-refractivity contribution >= 4 is 39.7 Å². The molecule has 1 saturated heterocycles. The lowest BCUT2D eigenvalue weighted by atomic mass is 9.93. The van der Waals surface area contributed by atoms with Crippen LogP contribution in [0.1, 0.15) is 54.4 Å². The highest BCUT2D eigenvalue weighted by Gasteiger charge is 2.22. The molecular weight excluding hydrogens is 588 g/mol. The smallest absolute Gasteiger partial charge is 0.251 e. The molecule has 2 aliphatic rings. The summed E-state index contributed by atoms with van der Waals surface area (Å²) in [6.45, 7) is 2.88. The SMILES string of the molecule is CS(=O)(=O)Nc1ccc(Oc2ccc(CN3CCC(Nc4ccc(C(=O)NC5CCC(O)CC5)cc4)CC3)cc2)cc1.Cl. The first-order valence-electron chi connectivity index (χ1n) is 14.6. The molecule has 0 atom stereocenters. The molecule has 0 unspecified atom stereocenters. The maximum absolute atomic E-state index is 12.6. The van der Waals surface area contributed by atoms with E-state index in [-0.39, 0.29) is 30.5 Å². The molecule has 1 aliphatic heterocycles. The first kappa shape index (κ1) is 32.6. The molecule has 3 aromatic carbocycles. The maximum Gasteiger partial charge on any atom is 0.251 e. The van der Waals surface area contributed by atoms with Gasteiger partial charge in [0.15, 0.2) is 0 Å². The number of likely N-dealkylation sites (tertiary alicyclic amines) is 1. The molecule has 11 heteroatoms. The normalized spacial score (nSPS) is 19.6. The Balaban J connectivity index is 0.00000423. The van der Waals surface area contributed by atoms with Crippen LogP contribution in [0.2, 0.25) is 0 Å². The van der Waals surface area contributed by atoms with Crippen molar-refractivity contribution in [3.05, 3.63) is 83.9 Å². The second kappa shape index (κ2) is 14.9. The zero-order valence-corrected chi connectivity index (χ0v) is 26.0. The van der Waals surface area contributed by atoms with E-state index < -0.39 is 10.0 Å². The molecule has 232 valence electrons. The number of hydrogen-bond donors (Lipinski definition) is 4. The van der Waals surface area contributed by atoms with Crippen molar-refractivity contribution < 1.29 is 23.1 Å². The van der Waals surface area contributed by atoms with Crippen LogP contribution >= 0.6 is 12.4 Å². The van der Waals surface area contributed by atoms with Crippen molar-refractivity contribution in [1.29, 1.82) is 0 Å². The molecular formula is C32H41ClN4O5S. The highest BCUT2D eigenvalue weighted by atomic mass is 35.5. The minimum atomic E-state index is -3.31. The predicted octanol–water partition coefficient (Wildman–Crippen LogP) is 5.38. The molecule has 1 amide bonds. The van der Waals surface area contributed by atoms with Crippen molar-refractivity contribution in [2.75, 3.05) is 29.4 Å². The van der Waals surface area contributed by atoms with Gasteiger partial charge in [-0.15, -0.1) is 12.4 Å². The van der Waals surface area contributed by atoms with Crippen LogP contribution in [0.3, 0.4) is 0 Å². The molecule has 0 radical (unpaired) electrons. The van der Waals surface area contributed by atoms with E-state index in [1.54, 1.807) is 24.3 Å². The Hall–Kier alpha value is -3.31. The van der Waals surface area contributed by atoms with Gasteiger partial charge in [-0.1, -0.05) is 12.1 Å². The highest BCUT2D eigenvalue weighted by molar-refractivity contribution is 7.92. The Morgan fingerprint density at radius 3 is 1.95 bits per heavy atom. The number of benzene rings is 3.